The Balaban J connectivity index is 1.70. The van der Waals surface area contributed by atoms with Crippen molar-refractivity contribution in [1.29, 1.82) is 0 Å². The van der Waals surface area contributed by atoms with Crippen LogP contribution in [0.25, 0.3) is 0 Å². The molecule has 0 radical (unpaired) electrons. The van der Waals surface area contributed by atoms with E-state index in [2.05, 4.69) is 0 Å². The zero-order valence-electron chi connectivity index (χ0n) is 17.4. The number of aromatic hydroxyl groups is 1. The van der Waals surface area contributed by atoms with Crippen LogP contribution in [0.3, 0.4) is 0 Å². The average molecular weight is 446 g/mol. The van der Waals surface area contributed by atoms with Gasteiger partial charge in [0.1, 0.15) is 16.4 Å². The summed E-state index contributed by atoms with van der Waals surface area (Å²) in [6.45, 7) is 0.102. The first kappa shape index (κ1) is 20.8. The predicted octanol–water partition coefficient (Wildman–Crippen LogP) is 3.24. The first-order valence-electron chi connectivity index (χ1n) is 10.2. The molecule has 1 aliphatic heterocycles. The number of nitrogens with zero attached hydrogens (tertiary/aromatic N) is 2. The Morgan fingerprint density at radius 2 is 1.67 bits per heavy atom. The van der Waals surface area contributed by atoms with Crippen molar-refractivity contribution in [2.75, 3.05) is 13.6 Å². The molecule has 0 unspecified atom stereocenters. The maximum absolute atomic E-state index is 13.8. The molecule has 5 rings (SSSR count). The fraction of sp³-hybridized carbons (Fsp3) is 0.208. The largest absolute Gasteiger partial charge is 0.508 e. The van der Waals surface area contributed by atoms with Crippen molar-refractivity contribution < 1.29 is 28.8 Å². The van der Waals surface area contributed by atoms with Crippen LogP contribution in [-0.4, -0.2) is 51.4 Å². The second kappa shape index (κ2) is 7.21. The third-order valence-electron chi connectivity index (χ3n) is 6.63. The number of ketones is 3. The smallest absolute Gasteiger partial charge is 0.433 e. The van der Waals surface area contributed by atoms with Gasteiger partial charge in [0.05, 0.1) is 12.0 Å². The van der Waals surface area contributed by atoms with Crippen LogP contribution in [0.4, 0.5) is 5.88 Å². The number of carbonyl (C=O) groups excluding carboxylic acids is 3. The minimum atomic E-state index is -1.80. The summed E-state index contributed by atoms with van der Waals surface area (Å²) in [5, 5.41) is 20.8. The van der Waals surface area contributed by atoms with E-state index in [9.17, 15) is 29.6 Å². The van der Waals surface area contributed by atoms with E-state index in [1.807, 2.05) is 0 Å². The van der Waals surface area contributed by atoms with Crippen molar-refractivity contribution in [1.82, 2.24) is 4.90 Å². The molecule has 1 saturated heterocycles. The number of phenols is 1. The molecular weight excluding hydrogens is 428 g/mol. The minimum Gasteiger partial charge on any atom is -0.508 e. The van der Waals surface area contributed by atoms with Crippen molar-refractivity contribution in [3.63, 3.8) is 0 Å². The topological polar surface area (TPSA) is 131 Å². The van der Waals surface area contributed by atoms with Gasteiger partial charge in [0, 0.05) is 29.2 Å². The van der Waals surface area contributed by atoms with Crippen molar-refractivity contribution >= 4 is 23.2 Å². The predicted molar refractivity (Wildman–Crippen MR) is 114 cm³/mol. The van der Waals surface area contributed by atoms with Crippen molar-refractivity contribution in [2.24, 2.45) is 5.92 Å². The highest BCUT2D eigenvalue weighted by Gasteiger charge is 2.68. The number of Topliss-reactive ketones (excluding diaryl/α,β-unsaturated/α-hetero) is 3. The summed E-state index contributed by atoms with van der Waals surface area (Å²) in [5.41, 5.74) is -1.12. The molecule has 2 atom stereocenters. The number of hydrogen-bond donors (Lipinski definition) is 1. The quantitative estimate of drug-likeness (QED) is 0.280. The van der Waals surface area contributed by atoms with Gasteiger partial charge < -0.3 is 9.52 Å². The number of nitro groups is 1. The number of likely N-dealkylation sites (tertiary alicyclic amines) is 1. The lowest BCUT2D eigenvalue weighted by Gasteiger charge is -2.33. The summed E-state index contributed by atoms with van der Waals surface area (Å²) in [6.07, 6.45) is 0. The lowest BCUT2D eigenvalue weighted by Crippen LogP contribution is -2.57. The summed E-state index contributed by atoms with van der Waals surface area (Å²) in [6, 6.07) is 14.6. The zero-order chi connectivity index (χ0) is 23.5. The molecule has 2 aromatic carbocycles. The SMILES string of the molecule is CN1C[C@H](c2ccc([N+](=O)[O-])o2)[C@@H](C(=O)c2ccc(O)cc2)C12C(=O)c1ccccc1C2=O. The van der Waals surface area contributed by atoms with E-state index >= 15 is 0 Å². The lowest BCUT2D eigenvalue weighted by molar-refractivity contribution is -0.402. The lowest BCUT2D eigenvalue weighted by atomic mass is 9.71. The molecule has 2 heterocycles. The maximum atomic E-state index is 13.8. The fourth-order valence-electron chi connectivity index (χ4n) is 5.17. The Hall–Kier alpha value is -4.11. The number of rotatable bonds is 4. The van der Waals surface area contributed by atoms with Crippen LogP contribution < -0.4 is 0 Å². The number of carbonyl (C=O) groups is 3. The Morgan fingerprint density at radius 1 is 1.06 bits per heavy atom. The molecular formula is C24H18N2O7. The third-order valence-corrected chi connectivity index (χ3v) is 6.63. The molecule has 0 bridgehead atoms. The number of benzene rings is 2. The third kappa shape index (κ3) is 2.79. The second-order valence-corrected chi connectivity index (χ2v) is 8.28. The Kier molecular flexibility index (Phi) is 4.54. The molecule has 166 valence electrons. The number of likely N-dealkylation sites (N-methyl/N-ethyl adjacent to an activating group) is 1. The zero-order valence-corrected chi connectivity index (χ0v) is 17.4. The summed E-state index contributed by atoms with van der Waals surface area (Å²) < 4.78 is 5.42. The van der Waals surface area contributed by atoms with Gasteiger partial charge in [-0.1, -0.05) is 24.3 Å². The van der Waals surface area contributed by atoms with Crippen LogP contribution >= 0.6 is 0 Å². The normalized spacial score (nSPS) is 21.5. The van der Waals surface area contributed by atoms with Gasteiger partial charge in [-0.05, 0) is 37.4 Å². The molecule has 3 aromatic rings. The molecule has 1 N–H and O–H groups in total. The number of hydrogen-bond acceptors (Lipinski definition) is 8. The fourth-order valence-corrected chi connectivity index (χ4v) is 5.17. The molecule has 0 amide bonds. The average Bonchev–Trinajstić information content (AvgIpc) is 3.47. The van der Waals surface area contributed by atoms with Crippen molar-refractivity contribution in [3.8, 4) is 5.75 Å². The molecule has 1 fully saturated rings. The van der Waals surface area contributed by atoms with Gasteiger partial charge in [-0.2, -0.15) is 0 Å². The monoisotopic (exact) mass is 446 g/mol. The molecule has 0 saturated carbocycles. The van der Waals surface area contributed by atoms with E-state index < -0.39 is 45.5 Å². The van der Waals surface area contributed by atoms with Crippen molar-refractivity contribution in [2.45, 2.75) is 11.5 Å². The molecule has 33 heavy (non-hydrogen) atoms. The minimum absolute atomic E-state index is 0.0385. The van der Waals surface area contributed by atoms with E-state index in [-0.39, 0.29) is 34.7 Å². The number of phenolic OH excluding ortho intramolecular Hbond substituents is 1. The van der Waals surface area contributed by atoms with Gasteiger partial charge in [-0.3, -0.25) is 29.4 Å². The first-order chi connectivity index (χ1) is 15.8. The highest BCUT2D eigenvalue weighted by Crippen LogP contribution is 2.52. The second-order valence-electron chi connectivity index (χ2n) is 8.28. The summed E-state index contributed by atoms with van der Waals surface area (Å²) >= 11 is 0. The van der Waals surface area contributed by atoms with E-state index in [4.69, 9.17) is 4.42 Å². The number of fused-ring (bicyclic) bond motifs is 1. The number of furan rings is 1. The Morgan fingerprint density at radius 3 is 2.21 bits per heavy atom. The first-order valence-corrected chi connectivity index (χ1v) is 10.2. The van der Waals surface area contributed by atoms with Crippen LogP contribution in [0.2, 0.25) is 0 Å². The van der Waals surface area contributed by atoms with Crippen molar-refractivity contribution in [3.05, 3.63) is 93.2 Å². The van der Waals surface area contributed by atoms with Crippen LogP contribution in [-0.2, 0) is 0 Å². The molecule has 2 aliphatic rings. The molecule has 9 nitrogen and oxygen atoms in total. The van der Waals surface area contributed by atoms with Crippen LogP contribution in [0.15, 0.2) is 65.1 Å². The van der Waals surface area contributed by atoms with E-state index in [1.165, 1.54) is 36.4 Å². The Labute approximate surface area is 187 Å². The van der Waals surface area contributed by atoms with Crippen LogP contribution in [0, 0.1) is 16.0 Å². The van der Waals surface area contributed by atoms with Crippen LogP contribution in [0.1, 0.15) is 42.8 Å². The highest BCUT2D eigenvalue weighted by atomic mass is 16.6. The van der Waals surface area contributed by atoms with E-state index in [1.54, 1.807) is 36.2 Å². The molecule has 1 aromatic heterocycles. The van der Waals surface area contributed by atoms with E-state index in [0.717, 1.165) is 0 Å². The summed E-state index contributed by atoms with van der Waals surface area (Å²) in [5.74, 6) is -3.80. The van der Waals surface area contributed by atoms with Crippen LogP contribution in [0.5, 0.6) is 5.75 Å². The van der Waals surface area contributed by atoms with Gasteiger partial charge in [0.15, 0.2) is 22.9 Å². The standard InChI is InChI=1S/C24H18N2O7/c1-25-12-17(18-10-11-19(33-18)26(31)32)20(21(28)13-6-8-14(27)9-7-13)24(25)22(29)15-4-2-3-5-16(15)23(24)30/h2-11,17,20,27H,12H2,1H3/t17-,20+/m1/s1. The van der Waals surface area contributed by atoms with Gasteiger partial charge in [0.25, 0.3) is 0 Å². The van der Waals surface area contributed by atoms with Gasteiger partial charge in [-0.25, -0.2) is 0 Å². The van der Waals surface area contributed by atoms with Gasteiger partial charge in [0.2, 0.25) is 0 Å². The van der Waals surface area contributed by atoms with Gasteiger partial charge >= 0.3 is 5.88 Å². The summed E-state index contributed by atoms with van der Waals surface area (Å²) in [4.78, 5) is 53.4. The van der Waals surface area contributed by atoms with Gasteiger partial charge in [-0.15, -0.1) is 0 Å². The van der Waals surface area contributed by atoms with E-state index in [0.29, 0.717) is 0 Å². The Bertz CT molecular complexity index is 1290. The molecule has 1 spiro atoms. The molecule has 9 heteroatoms. The summed E-state index contributed by atoms with van der Waals surface area (Å²) in [7, 11) is 1.59. The maximum Gasteiger partial charge on any atom is 0.433 e. The molecule has 1 aliphatic carbocycles. The highest BCUT2D eigenvalue weighted by molar-refractivity contribution is 6.35.